The third-order valence-electron chi connectivity index (χ3n) is 5.13. The van der Waals surface area contributed by atoms with Gasteiger partial charge in [-0.1, -0.05) is 13.0 Å². The van der Waals surface area contributed by atoms with E-state index in [1.807, 2.05) is 4.90 Å². The summed E-state index contributed by atoms with van der Waals surface area (Å²) < 4.78 is 43.8. The molecule has 2 amide bonds. The number of urea groups is 1. The number of halogens is 3. The summed E-state index contributed by atoms with van der Waals surface area (Å²) in [5.74, 6) is -2.33. The predicted molar refractivity (Wildman–Crippen MR) is 116 cm³/mol. The van der Waals surface area contributed by atoms with Crippen LogP contribution in [0.3, 0.4) is 0 Å². The average molecular weight is 487 g/mol. The molecule has 1 aromatic rings. The minimum atomic E-state index is -4.39. The van der Waals surface area contributed by atoms with Crippen molar-refractivity contribution in [2.45, 2.75) is 25.6 Å². The molecule has 0 aliphatic carbocycles. The van der Waals surface area contributed by atoms with E-state index in [1.54, 1.807) is 4.90 Å². The molecule has 0 bridgehead atoms. The number of hydrogen-bond acceptors (Lipinski definition) is 5. The lowest BCUT2D eigenvalue weighted by Crippen LogP contribution is -2.61. The van der Waals surface area contributed by atoms with Crippen molar-refractivity contribution in [2.24, 2.45) is 0 Å². The monoisotopic (exact) mass is 487 g/mol. The molecule has 0 radical (unpaired) electrons. The Hall–Kier alpha value is -3.28. The summed E-state index contributed by atoms with van der Waals surface area (Å²) in [7, 11) is 0. The molecule has 3 rings (SSSR count). The van der Waals surface area contributed by atoms with Gasteiger partial charge in [-0.25, -0.2) is 14.4 Å². The van der Waals surface area contributed by atoms with E-state index in [2.05, 4.69) is 11.8 Å². The molecule has 34 heavy (non-hydrogen) atoms. The maximum absolute atomic E-state index is 12.7. The molecule has 9 nitrogen and oxygen atoms in total. The molecule has 2 heterocycles. The van der Waals surface area contributed by atoms with Crippen molar-refractivity contribution in [1.82, 2.24) is 14.7 Å². The summed E-state index contributed by atoms with van der Waals surface area (Å²) in [6.07, 6.45) is -2.43. The molecule has 2 N–H and O–H groups in total. The van der Waals surface area contributed by atoms with Crippen molar-refractivity contribution in [3.8, 4) is 5.75 Å². The predicted octanol–water partition coefficient (Wildman–Crippen LogP) is 2.63. The van der Waals surface area contributed by atoms with Crippen LogP contribution < -0.4 is 4.74 Å². The molecule has 0 atom stereocenters. The Bertz CT molecular complexity index is 863. The third kappa shape index (κ3) is 8.58. The van der Waals surface area contributed by atoms with E-state index in [1.165, 1.54) is 12.1 Å². The molecule has 2 aliphatic rings. The van der Waals surface area contributed by atoms with Crippen molar-refractivity contribution in [1.29, 1.82) is 0 Å². The van der Waals surface area contributed by atoms with Crippen molar-refractivity contribution in [3.63, 3.8) is 0 Å². The molecule has 1 aromatic carbocycles. The van der Waals surface area contributed by atoms with Gasteiger partial charge in [0.15, 0.2) is 0 Å². The fourth-order valence-corrected chi connectivity index (χ4v) is 3.43. The SMILES string of the molecule is CCCN1CCN(C(=O)N2CC(Oc3cccc(C(F)(F)F)c3)C2)CC1.O=C(O)/C=C/C(=O)O. The molecule has 12 heteroatoms. The largest absolute Gasteiger partial charge is 0.487 e. The van der Waals surface area contributed by atoms with E-state index < -0.39 is 23.7 Å². The van der Waals surface area contributed by atoms with Crippen LogP contribution >= 0.6 is 0 Å². The molecule has 2 fully saturated rings. The molecule has 2 saturated heterocycles. The van der Waals surface area contributed by atoms with Crippen molar-refractivity contribution >= 4 is 18.0 Å². The second kappa shape index (κ2) is 12.3. The number of piperazine rings is 1. The minimum Gasteiger partial charge on any atom is -0.487 e. The Balaban J connectivity index is 0.000000440. The number of benzene rings is 1. The molecule has 0 unspecified atom stereocenters. The van der Waals surface area contributed by atoms with Gasteiger partial charge in [0.1, 0.15) is 11.9 Å². The highest BCUT2D eigenvalue weighted by Crippen LogP contribution is 2.32. The molecule has 0 aromatic heterocycles. The van der Waals surface area contributed by atoms with Gasteiger partial charge in [0.25, 0.3) is 0 Å². The van der Waals surface area contributed by atoms with Gasteiger partial charge in [0.2, 0.25) is 0 Å². The van der Waals surface area contributed by atoms with Gasteiger partial charge in [-0.15, -0.1) is 0 Å². The number of carboxylic acids is 2. The number of likely N-dealkylation sites (tertiary alicyclic amines) is 1. The zero-order valence-corrected chi connectivity index (χ0v) is 18.7. The Morgan fingerprint density at radius 1 is 1.03 bits per heavy atom. The van der Waals surface area contributed by atoms with Crippen LogP contribution in [0.15, 0.2) is 36.4 Å². The van der Waals surface area contributed by atoms with Gasteiger partial charge < -0.3 is 24.7 Å². The Kier molecular flexibility index (Phi) is 9.72. The minimum absolute atomic E-state index is 0.00922. The normalized spacial score (nSPS) is 17.1. The maximum Gasteiger partial charge on any atom is 0.416 e. The fraction of sp³-hybridized carbons (Fsp3) is 0.500. The second-order valence-corrected chi connectivity index (χ2v) is 7.79. The molecule has 0 saturated carbocycles. The Labute approximate surface area is 195 Å². The van der Waals surface area contributed by atoms with Crippen LogP contribution in [0.2, 0.25) is 0 Å². The van der Waals surface area contributed by atoms with Crippen LogP contribution in [0.25, 0.3) is 0 Å². The van der Waals surface area contributed by atoms with E-state index >= 15 is 0 Å². The number of carboxylic acid groups (broad SMARTS) is 2. The molecular formula is C22H28F3N3O6. The highest BCUT2D eigenvalue weighted by Gasteiger charge is 2.36. The number of amides is 2. The number of carbonyl (C=O) groups excluding carboxylic acids is 1. The van der Waals surface area contributed by atoms with E-state index in [0.29, 0.717) is 38.3 Å². The smallest absolute Gasteiger partial charge is 0.416 e. The van der Waals surface area contributed by atoms with E-state index in [4.69, 9.17) is 14.9 Å². The van der Waals surface area contributed by atoms with Crippen LogP contribution in [0.1, 0.15) is 18.9 Å². The first-order valence-corrected chi connectivity index (χ1v) is 10.7. The number of aliphatic carboxylic acids is 2. The zero-order valence-electron chi connectivity index (χ0n) is 18.7. The first kappa shape index (κ1) is 27.0. The number of nitrogens with zero attached hydrogens (tertiary/aromatic N) is 3. The van der Waals surface area contributed by atoms with Crippen LogP contribution in [0.4, 0.5) is 18.0 Å². The molecule has 2 aliphatic heterocycles. The number of alkyl halides is 3. The van der Waals surface area contributed by atoms with Gasteiger partial charge in [0, 0.05) is 38.3 Å². The number of carbonyl (C=O) groups is 3. The van der Waals surface area contributed by atoms with E-state index in [9.17, 15) is 27.6 Å². The van der Waals surface area contributed by atoms with Gasteiger partial charge in [-0.3, -0.25) is 4.90 Å². The summed E-state index contributed by atoms with van der Waals surface area (Å²) in [4.78, 5) is 37.4. The van der Waals surface area contributed by atoms with E-state index in [0.717, 1.165) is 38.2 Å². The average Bonchev–Trinajstić information content (AvgIpc) is 2.75. The van der Waals surface area contributed by atoms with Gasteiger partial charge in [-0.2, -0.15) is 13.2 Å². The highest BCUT2D eigenvalue weighted by molar-refractivity contribution is 5.89. The fourth-order valence-electron chi connectivity index (χ4n) is 3.43. The van der Waals surface area contributed by atoms with Crippen LogP contribution in [-0.2, 0) is 15.8 Å². The van der Waals surface area contributed by atoms with Crippen LogP contribution in [0.5, 0.6) is 5.75 Å². The quantitative estimate of drug-likeness (QED) is 0.594. The Morgan fingerprint density at radius 3 is 2.12 bits per heavy atom. The highest BCUT2D eigenvalue weighted by atomic mass is 19.4. The number of rotatable bonds is 6. The zero-order chi connectivity index (χ0) is 25.3. The second-order valence-electron chi connectivity index (χ2n) is 7.79. The standard InChI is InChI=1S/C18H24F3N3O2.C4H4O4/c1-2-6-22-7-9-23(10-8-22)17(25)24-12-16(13-24)26-15-5-3-4-14(11-15)18(19,20)21;5-3(6)1-2-4(7)8/h3-5,11,16H,2,6-10,12-13H2,1H3;1-2H,(H,5,6)(H,7,8)/b;2-1+. The van der Waals surface area contributed by atoms with Crippen molar-refractivity contribution < 1.29 is 42.5 Å². The molecular weight excluding hydrogens is 459 g/mol. The van der Waals surface area contributed by atoms with Crippen LogP contribution in [-0.4, -0.2) is 94.8 Å². The van der Waals surface area contributed by atoms with Crippen molar-refractivity contribution in [2.75, 3.05) is 45.8 Å². The van der Waals surface area contributed by atoms with Gasteiger partial charge in [0.05, 0.1) is 18.7 Å². The maximum atomic E-state index is 12.7. The van der Waals surface area contributed by atoms with Gasteiger partial charge >= 0.3 is 24.1 Å². The Morgan fingerprint density at radius 2 is 1.62 bits per heavy atom. The van der Waals surface area contributed by atoms with Gasteiger partial charge in [-0.05, 0) is 31.2 Å². The third-order valence-corrected chi connectivity index (χ3v) is 5.13. The van der Waals surface area contributed by atoms with Crippen molar-refractivity contribution in [3.05, 3.63) is 42.0 Å². The first-order valence-electron chi connectivity index (χ1n) is 10.7. The lowest BCUT2D eigenvalue weighted by Gasteiger charge is -2.43. The summed E-state index contributed by atoms with van der Waals surface area (Å²) in [6, 6.07) is 4.84. The summed E-state index contributed by atoms with van der Waals surface area (Å²) in [5, 5.41) is 15.6. The lowest BCUT2D eigenvalue weighted by atomic mass is 10.1. The van der Waals surface area contributed by atoms with Crippen LogP contribution in [0, 0.1) is 0 Å². The van der Waals surface area contributed by atoms with E-state index in [-0.39, 0.29) is 17.9 Å². The first-order chi connectivity index (χ1) is 16.0. The number of ether oxygens (including phenoxy) is 1. The molecule has 188 valence electrons. The molecule has 0 spiro atoms. The topological polar surface area (TPSA) is 111 Å². The summed E-state index contributed by atoms with van der Waals surface area (Å²) in [5.41, 5.74) is -0.729. The summed E-state index contributed by atoms with van der Waals surface area (Å²) in [6.45, 7) is 7.22. The number of hydrogen-bond donors (Lipinski definition) is 2. The lowest BCUT2D eigenvalue weighted by molar-refractivity contribution is -0.137. The summed E-state index contributed by atoms with van der Waals surface area (Å²) >= 11 is 0.